The summed E-state index contributed by atoms with van der Waals surface area (Å²) in [6, 6.07) is 1.57. The quantitative estimate of drug-likeness (QED) is 0.764. The van der Waals surface area contributed by atoms with Crippen molar-refractivity contribution in [3.05, 3.63) is 30.9 Å². The molecule has 0 saturated carbocycles. The lowest BCUT2D eigenvalue weighted by Crippen LogP contribution is -2.15. The lowest BCUT2D eigenvalue weighted by Gasteiger charge is -2.04. The van der Waals surface area contributed by atoms with E-state index in [4.69, 9.17) is 5.73 Å². The van der Waals surface area contributed by atoms with Crippen molar-refractivity contribution < 1.29 is 8.42 Å². The van der Waals surface area contributed by atoms with E-state index in [0.29, 0.717) is 0 Å². The summed E-state index contributed by atoms with van der Waals surface area (Å²) in [5.41, 5.74) is 5.26. The molecule has 0 aliphatic carbocycles. The molecule has 17 heavy (non-hydrogen) atoms. The normalized spacial score (nSPS) is 11.1. The molecule has 8 nitrogen and oxygen atoms in total. The summed E-state index contributed by atoms with van der Waals surface area (Å²) in [6.07, 6.45) is 5.05. The van der Waals surface area contributed by atoms with Gasteiger partial charge in [0.05, 0.1) is 12.4 Å². The highest BCUT2D eigenvalue weighted by molar-refractivity contribution is 7.92. The van der Waals surface area contributed by atoms with Gasteiger partial charge in [0.25, 0.3) is 10.0 Å². The molecular weight excluding hydrogens is 244 g/mol. The second-order valence-corrected chi connectivity index (χ2v) is 4.64. The molecule has 9 heteroatoms. The zero-order chi connectivity index (χ0) is 12.3. The van der Waals surface area contributed by atoms with Gasteiger partial charge in [0.15, 0.2) is 0 Å². The number of nitrogens with one attached hydrogen (secondary N) is 1. The van der Waals surface area contributed by atoms with E-state index in [9.17, 15) is 8.42 Å². The largest absolute Gasteiger partial charge is 0.368 e. The minimum Gasteiger partial charge on any atom is -0.368 e. The summed E-state index contributed by atoms with van der Waals surface area (Å²) in [7, 11) is -3.79. The smallest absolute Gasteiger partial charge is 0.267 e. The van der Waals surface area contributed by atoms with Gasteiger partial charge in [-0.1, -0.05) is 0 Å². The molecule has 3 N–H and O–H groups in total. The summed E-state index contributed by atoms with van der Waals surface area (Å²) >= 11 is 0. The molecular formula is C8H8N6O2S. The van der Waals surface area contributed by atoms with Crippen LogP contribution in [0.1, 0.15) is 0 Å². The van der Waals surface area contributed by atoms with Gasteiger partial charge in [-0.05, 0) is 6.07 Å². The topological polar surface area (TPSA) is 124 Å². The van der Waals surface area contributed by atoms with Crippen LogP contribution in [0.5, 0.6) is 0 Å². The first kappa shape index (κ1) is 11.2. The first-order valence-electron chi connectivity index (χ1n) is 4.45. The Labute approximate surface area is 97.0 Å². The molecule has 0 saturated heterocycles. The van der Waals surface area contributed by atoms with Crippen molar-refractivity contribution in [2.24, 2.45) is 0 Å². The zero-order valence-electron chi connectivity index (χ0n) is 8.48. The Morgan fingerprint density at radius 3 is 2.24 bits per heavy atom. The van der Waals surface area contributed by atoms with Gasteiger partial charge < -0.3 is 5.73 Å². The summed E-state index contributed by atoms with van der Waals surface area (Å²) in [6.45, 7) is 0. The standard InChI is InChI=1S/C8H8N6O2S/c9-7-12-4-6(5-13-7)17(15,16)14-8-10-2-1-3-11-8/h1-5H,(H2,9,12,13)(H,10,11,14). The van der Waals surface area contributed by atoms with E-state index in [-0.39, 0.29) is 16.8 Å². The average molecular weight is 252 g/mol. The zero-order valence-corrected chi connectivity index (χ0v) is 9.29. The van der Waals surface area contributed by atoms with Crippen LogP contribution in [0.4, 0.5) is 11.9 Å². The van der Waals surface area contributed by atoms with E-state index in [1.807, 2.05) is 0 Å². The highest BCUT2D eigenvalue weighted by Crippen LogP contribution is 2.10. The number of nitrogen functional groups attached to an aromatic ring is 1. The lowest BCUT2D eigenvalue weighted by molar-refractivity contribution is 0.600. The van der Waals surface area contributed by atoms with Crippen molar-refractivity contribution in [2.45, 2.75) is 4.90 Å². The number of rotatable bonds is 3. The molecule has 2 aromatic heterocycles. The third-order valence-corrected chi connectivity index (χ3v) is 3.03. The molecule has 0 aliphatic rings. The molecule has 2 rings (SSSR count). The molecule has 0 unspecified atom stereocenters. The molecule has 0 fully saturated rings. The highest BCUT2D eigenvalue weighted by atomic mass is 32.2. The molecule has 2 aromatic rings. The Hall–Kier alpha value is -2.29. The Morgan fingerprint density at radius 1 is 1.06 bits per heavy atom. The van der Waals surface area contributed by atoms with E-state index in [0.717, 1.165) is 12.4 Å². The predicted octanol–water partition coefficient (Wildman–Crippen LogP) is -0.350. The van der Waals surface area contributed by atoms with Crippen LogP contribution in [0.2, 0.25) is 0 Å². The molecule has 2 heterocycles. The second kappa shape index (κ2) is 4.29. The van der Waals surface area contributed by atoms with E-state index in [1.54, 1.807) is 6.07 Å². The van der Waals surface area contributed by atoms with Crippen molar-refractivity contribution in [1.29, 1.82) is 0 Å². The molecule has 0 amide bonds. The Balaban J connectivity index is 2.29. The number of hydrogen-bond donors (Lipinski definition) is 2. The third-order valence-electron chi connectivity index (χ3n) is 1.75. The summed E-state index contributed by atoms with van der Waals surface area (Å²) < 4.78 is 25.8. The fourth-order valence-electron chi connectivity index (χ4n) is 0.996. The summed E-state index contributed by atoms with van der Waals surface area (Å²) in [4.78, 5) is 14.6. The average Bonchev–Trinajstić information content (AvgIpc) is 2.30. The number of nitrogens with two attached hydrogens (primary N) is 1. The van der Waals surface area contributed by atoms with Gasteiger partial charge in [0.2, 0.25) is 11.9 Å². The maximum absolute atomic E-state index is 11.8. The van der Waals surface area contributed by atoms with Crippen molar-refractivity contribution in [3.63, 3.8) is 0 Å². The lowest BCUT2D eigenvalue weighted by atomic mass is 10.7. The van der Waals surface area contributed by atoms with E-state index in [2.05, 4.69) is 24.7 Å². The minimum absolute atomic E-state index is 0.0000823. The number of sulfonamides is 1. The van der Waals surface area contributed by atoms with E-state index < -0.39 is 10.0 Å². The number of nitrogens with zero attached hydrogens (tertiary/aromatic N) is 4. The van der Waals surface area contributed by atoms with Crippen molar-refractivity contribution in [1.82, 2.24) is 19.9 Å². The molecule has 0 atom stereocenters. The fraction of sp³-hybridized carbons (Fsp3) is 0. The molecule has 0 radical (unpaired) electrons. The molecule has 0 aliphatic heterocycles. The number of anilines is 2. The monoisotopic (exact) mass is 252 g/mol. The van der Waals surface area contributed by atoms with Crippen LogP contribution in [0.15, 0.2) is 35.7 Å². The highest BCUT2D eigenvalue weighted by Gasteiger charge is 2.16. The predicted molar refractivity (Wildman–Crippen MR) is 59.3 cm³/mol. The van der Waals surface area contributed by atoms with Gasteiger partial charge in [-0.2, -0.15) is 0 Å². The fourth-order valence-corrected chi connectivity index (χ4v) is 1.84. The maximum Gasteiger partial charge on any atom is 0.267 e. The van der Waals surface area contributed by atoms with Crippen molar-refractivity contribution in [3.8, 4) is 0 Å². The molecule has 88 valence electrons. The SMILES string of the molecule is Nc1ncc(S(=O)(=O)Nc2ncccn2)cn1. The number of hydrogen-bond acceptors (Lipinski definition) is 7. The van der Waals surface area contributed by atoms with Crippen LogP contribution in [0.25, 0.3) is 0 Å². The van der Waals surface area contributed by atoms with Crippen molar-refractivity contribution in [2.75, 3.05) is 10.5 Å². The summed E-state index contributed by atoms with van der Waals surface area (Å²) in [5, 5.41) is 0. The molecule has 0 spiro atoms. The van der Waals surface area contributed by atoms with Gasteiger partial charge in [0, 0.05) is 12.4 Å². The van der Waals surface area contributed by atoms with Crippen LogP contribution >= 0.6 is 0 Å². The van der Waals surface area contributed by atoms with E-state index in [1.165, 1.54) is 12.4 Å². The van der Waals surface area contributed by atoms with Crippen LogP contribution in [-0.2, 0) is 10.0 Å². The van der Waals surface area contributed by atoms with Gasteiger partial charge >= 0.3 is 0 Å². The van der Waals surface area contributed by atoms with Crippen molar-refractivity contribution >= 4 is 21.9 Å². The minimum atomic E-state index is -3.79. The van der Waals surface area contributed by atoms with Gasteiger partial charge in [0.1, 0.15) is 4.90 Å². The van der Waals surface area contributed by atoms with Crippen LogP contribution < -0.4 is 10.5 Å². The maximum atomic E-state index is 11.8. The van der Waals surface area contributed by atoms with Gasteiger partial charge in [-0.3, -0.25) is 0 Å². The number of aromatic nitrogens is 4. The first-order chi connectivity index (χ1) is 8.08. The van der Waals surface area contributed by atoms with Crippen LogP contribution in [-0.4, -0.2) is 28.4 Å². The van der Waals surface area contributed by atoms with Gasteiger partial charge in [-0.25, -0.2) is 33.1 Å². The van der Waals surface area contributed by atoms with Crippen LogP contribution in [0, 0.1) is 0 Å². The summed E-state index contributed by atoms with van der Waals surface area (Å²) in [5.74, 6) is -0.0239. The molecule has 0 bridgehead atoms. The molecule has 0 aromatic carbocycles. The Kier molecular flexibility index (Phi) is 2.83. The first-order valence-corrected chi connectivity index (χ1v) is 5.93. The third kappa shape index (κ3) is 2.64. The second-order valence-electron chi connectivity index (χ2n) is 2.95. The Morgan fingerprint density at radius 2 is 1.65 bits per heavy atom. The van der Waals surface area contributed by atoms with E-state index >= 15 is 0 Å². The Bertz CT molecular complexity index is 598. The van der Waals surface area contributed by atoms with Crippen LogP contribution in [0.3, 0.4) is 0 Å². The van der Waals surface area contributed by atoms with Gasteiger partial charge in [-0.15, -0.1) is 0 Å².